The lowest BCUT2D eigenvalue weighted by molar-refractivity contribution is -0.138. The van der Waals surface area contributed by atoms with Crippen LogP contribution in [0.2, 0.25) is 10.0 Å². The topological polar surface area (TPSA) is 43.8 Å². The average molecular weight is 351 g/mol. The fourth-order valence-electron chi connectivity index (χ4n) is 1.68. The lowest BCUT2D eigenvalue weighted by Crippen LogP contribution is -2.37. The summed E-state index contributed by atoms with van der Waals surface area (Å²) >= 11 is 13.6. The summed E-state index contributed by atoms with van der Waals surface area (Å²) in [5, 5.41) is 10.3. The molecule has 0 aliphatic rings. The lowest BCUT2D eigenvalue weighted by Gasteiger charge is -2.22. The van der Waals surface area contributed by atoms with Gasteiger partial charge in [0, 0.05) is 35.3 Å². The van der Waals surface area contributed by atoms with Gasteiger partial charge in [0.05, 0.1) is 11.6 Å². The van der Waals surface area contributed by atoms with Gasteiger partial charge in [-0.3, -0.25) is 9.69 Å². The molecule has 0 unspecified atom stereocenters. The number of carboxylic acid groups (broad SMARTS) is 1. The van der Waals surface area contributed by atoms with Crippen molar-refractivity contribution in [2.75, 3.05) is 46.0 Å². The van der Waals surface area contributed by atoms with Crippen molar-refractivity contribution >= 4 is 40.9 Å². The van der Waals surface area contributed by atoms with E-state index in [2.05, 4.69) is 0 Å². The highest BCUT2D eigenvalue weighted by atomic mass is 35.5. The zero-order valence-corrected chi connectivity index (χ0v) is 14.5. The van der Waals surface area contributed by atoms with Crippen molar-refractivity contribution in [3.8, 4) is 0 Å². The van der Waals surface area contributed by atoms with Gasteiger partial charge >= 0.3 is 5.97 Å². The molecule has 0 saturated carbocycles. The van der Waals surface area contributed by atoms with E-state index in [1.807, 2.05) is 30.0 Å². The molecule has 0 heterocycles. The highest BCUT2D eigenvalue weighted by Gasteiger charge is 2.10. The van der Waals surface area contributed by atoms with Crippen LogP contribution in [0.1, 0.15) is 0 Å². The molecule has 1 N–H and O–H groups in total. The molecule has 21 heavy (non-hydrogen) atoms. The molecule has 0 atom stereocenters. The summed E-state index contributed by atoms with van der Waals surface area (Å²) in [5.41, 5.74) is 0. The number of rotatable bonds is 9. The van der Waals surface area contributed by atoms with Crippen molar-refractivity contribution in [2.45, 2.75) is 4.90 Å². The summed E-state index contributed by atoms with van der Waals surface area (Å²) in [5.74, 6) is -0.0413. The van der Waals surface area contributed by atoms with Crippen molar-refractivity contribution in [1.29, 1.82) is 0 Å². The Balaban J connectivity index is 2.48. The predicted octanol–water partition coefficient (Wildman–Crippen LogP) is 3.03. The van der Waals surface area contributed by atoms with Gasteiger partial charge in [0.1, 0.15) is 0 Å². The Morgan fingerprint density at radius 2 is 1.95 bits per heavy atom. The van der Waals surface area contributed by atoms with Crippen molar-refractivity contribution in [2.24, 2.45) is 0 Å². The standard InChI is InChI=1S/C14H20Cl2N2O2S/c1-17(2)5-6-18(10-14(19)20)7-8-21-13-9-11(15)3-4-12(13)16/h3-4,9H,5-8,10H2,1-2H3,(H,19,20). The minimum atomic E-state index is -0.806. The molecule has 0 aliphatic carbocycles. The number of likely N-dealkylation sites (N-methyl/N-ethyl adjacent to an activating group) is 1. The number of hydrogen-bond acceptors (Lipinski definition) is 4. The van der Waals surface area contributed by atoms with Crippen LogP contribution in [0.25, 0.3) is 0 Å². The van der Waals surface area contributed by atoms with Crippen molar-refractivity contribution in [3.05, 3.63) is 28.2 Å². The minimum absolute atomic E-state index is 0.0533. The fourth-order valence-corrected chi connectivity index (χ4v) is 3.18. The quantitative estimate of drug-likeness (QED) is 0.693. The van der Waals surface area contributed by atoms with Crippen molar-refractivity contribution < 1.29 is 9.90 Å². The van der Waals surface area contributed by atoms with E-state index in [1.165, 1.54) is 0 Å². The van der Waals surface area contributed by atoms with Crippen LogP contribution in [0.15, 0.2) is 23.1 Å². The number of carboxylic acids is 1. The second-order valence-electron chi connectivity index (χ2n) is 4.90. The van der Waals surface area contributed by atoms with E-state index in [1.54, 1.807) is 23.9 Å². The number of aliphatic carboxylic acids is 1. The molecule has 0 aromatic heterocycles. The van der Waals surface area contributed by atoms with Gasteiger partial charge in [-0.05, 0) is 32.3 Å². The first-order valence-corrected chi connectivity index (χ1v) is 8.29. The molecule has 0 saturated heterocycles. The molecule has 0 radical (unpaired) electrons. The number of halogens is 2. The molecule has 1 aromatic rings. The number of carbonyl (C=O) groups is 1. The summed E-state index contributed by atoms with van der Waals surface area (Å²) < 4.78 is 0. The number of benzene rings is 1. The molecule has 4 nitrogen and oxygen atoms in total. The second-order valence-corrected chi connectivity index (χ2v) is 6.88. The maximum atomic E-state index is 10.9. The smallest absolute Gasteiger partial charge is 0.317 e. The Morgan fingerprint density at radius 3 is 2.57 bits per heavy atom. The van der Waals surface area contributed by atoms with Crippen LogP contribution in [0.4, 0.5) is 0 Å². The predicted molar refractivity (Wildman–Crippen MR) is 89.8 cm³/mol. The van der Waals surface area contributed by atoms with Crippen LogP contribution in [-0.4, -0.2) is 66.9 Å². The van der Waals surface area contributed by atoms with Gasteiger partial charge in [-0.15, -0.1) is 11.8 Å². The first kappa shape index (κ1) is 18.6. The van der Waals surface area contributed by atoms with Gasteiger partial charge in [0.25, 0.3) is 0 Å². The molecule has 118 valence electrons. The average Bonchev–Trinajstić information content (AvgIpc) is 2.39. The van der Waals surface area contributed by atoms with E-state index < -0.39 is 5.97 Å². The summed E-state index contributed by atoms with van der Waals surface area (Å²) in [4.78, 5) is 15.8. The van der Waals surface area contributed by atoms with Gasteiger partial charge in [0.2, 0.25) is 0 Å². The number of hydrogen-bond donors (Lipinski definition) is 1. The van der Waals surface area contributed by atoms with Gasteiger partial charge in [-0.1, -0.05) is 23.2 Å². The molecule has 0 bridgehead atoms. The van der Waals surface area contributed by atoms with E-state index in [9.17, 15) is 4.79 Å². The van der Waals surface area contributed by atoms with E-state index in [0.29, 0.717) is 16.6 Å². The Kier molecular flexibility index (Phi) is 8.44. The Bertz CT molecular complexity index is 472. The van der Waals surface area contributed by atoms with Gasteiger partial charge in [0.15, 0.2) is 0 Å². The van der Waals surface area contributed by atoms with Gasteiger partial charge in [-0.25, -0.2) is 0 Å². The molecule has 0 amide bonds. The largest absolute Gasteiger partial charge is 0.480 e. The molecule has 1 aromatic carbocycles. The van der Waals surface area contributed by atoms with E-state index in [4.69, 9.17) is 28.3 Å². The second kappa shape index (κ2) is 9.54. The molecule has 1 rings (SSSR count). The van der Waals surface area contributed by atoms with Crippen molar-refractivity contribution in [1.82, 2.24) is 9.80 Å². The summed E-state index contributed by atoms with van der Waals surface area (Å²) in [6.07, 6.45) is 0. The van der Waals surface area contributed by atoms with Crippen LogP contribution in [-0.2, 0) is 4.79 Å². The van der Waals surface area contributed by atoms with Crippen LogP contribution in [0.5, 0.6) is 0 Å². The first-order valence-electron chi connectivity index (χ1n) is 6.55. The number of nitrogens with zero attached hydrogens (tertiary/aromatic N) is 2. The van der Waals surface area contributed by atoms with E-state index >= 15 is 0 Å². The molecular formula is C14H20Cl2N2O2S. The summed E-state index contributed by atoms with van der Waals surface area (Å²) in [7, 11) is 3.94. The highest BCUT2D eigenvalue weighted by Crippen LogP contribution is 2.29. The summed E-state index contributed by atoms with van der Waals surface area (Å²) in [6.45, 7) is 2.30. The highest BCUT2D eigenvalue weighted by molar-refractivity contribution is 7.99. The normalized spacial score (nSPS) is 11.3. The zero-order valence-electron chi connectivity index (χ0n) is 12.2. The monoisotopic (exact) mass is 350 g/mol. The maximum absolute atomic E-state index is 10.9. The SMILES string of the molecule is CN(C)CCN(CCSc1cc(Cl)ccc1Cl)CC(=O)O. The third-order valence-corrected chi connectivity index (χ3v) is 4.49. The van der Waals surface area contributed by atoms with Gasteiger partial charge < -0.3 is 10.0 Å². The maximum Gasteiger partial charge on any atom is 0.317 e. The van der Waals surface area contributed by atoms with Crippen LogP contribution in [0, 0.1) is 0 Å². The van der Waals surface area contributed by atoms with Crippen LogP contribution in [0.3, 0.4) is 0 Å². The third kappa shape index (κ3) is 7.93. The molecule has 0 fully saturated rings. The molecule has 7 heteroatoms. The molecule has 0 aliphatic heterocycles. The Labute approximate surface area is 140 Å². The Morgan fingerprint density at radius 1 is 1.24 bits per heavy atom. The summed E-state index contributed by atoms with van der Waals surface area (Å²) in [6, 6.07) is 5.35. The van der Waals surface area contributed by atoms with Crippen molar-refractivity contribution in [3.63, 3.8) is 0 Å². The first-order chi connectivity index (χ1) is 9.88. The van der Waals surface area contributed by atoms with Crippen LogP contribution >= 0.6 is 35.0 Å². The van der Waals surface area contributed by atoms with Crippen LogP contribution < -0.4 is 0 Å². The lowest BCUT2D eigenvalue weighted by atomic mass is 10.4. The molecular weight excluding hydrogens is 331 g/mol. The van der Waals surface area contributed by atoms with E-state index in [-0.39, 0.29) is 6.54 Å². The van der Waals surface area contributed by atoms with E-state index in [0.717, 1.165) is 23.7 Å². The molecule has 0 spiro atoms. The third-order valence-electron chi connectivity index (χ3n) is 2.78. The number of thioether (sulfide) groups is 1. The van der Waals surface area contributed by atoms with Gasteiger partial charge in [-0.2, -0.15) is 0 Å². The minimum Gasteiger partial charge on any atom is -0.480 e. The zero-order chi connectivity index (χ0) is 15.8. The fraction of sp³-hybridized carbons (Fsp3) is 0.500. The Hall–Kier alpha value is -0.460.